The van der Waals surface area contributed by atoms with Crippen molar-refractivity contribution in [3.8, 4) is 5.75 Å². The topological polar surface area (TPSA) is 21.3 Å². The van der Waals surface area contributed by atoms with Gasteiger partial charge in [0.2, 0.25) is 0 Å². The third-order valence-corrected chi connectivity index (χ3v) is 4.11. The van der Waals surface area contributed by atoms with Gasteiger partial charge in [-0.3, -0.25) is 0 Å². The molecule has 0 aliphatic heterocycles. The molecule has 2 aromatic rings. The molecule has 96 valence electrons. The van der Waals surface area contributed by atoms with Crippen molar-refractivity contribution in [1.29, 1.82) is 0 Å². The number of nitrogens with one attached hydrogen (secondary N) is 1. The first-order valence-corrected chi connectivity index (χ1v) is 6.96. The largest absolute Gasteiger partial charge is 0.496 e. The van der Waals surface area contributed by atoms with Gasteiger partial charge < -0.3 is 10.1 Å². The molecule has 0 saturated heterocycles. The highest BCUT2D eigenvalue weighted by Gasteiger charge is 2.16. The number of aryl methyl sites for hydroxylation is 1. The molecule has 3 heteroatoms. The van der Waals surface area contributed by atoms with Gasteiger partial charge in [-0.1, -0.05) is 29.8 Å². The molecule has 1 heterocycles. The van der Waals surface area contributed by atoms with E-state index in [-0.39, 0.29) is 0 Å². The molecule has 0 amide bonds. The second-order valence-corrected chi connectivity index (χ2v) is 5.33. The van der Waals surface area contributed by atoms with Crippen LogP contribution in [-0.4, -0.2) is 14.2 Å². The summed E-state index contributed by atoms with van der Waals surface area (Å²) in [7, 11) is 3.72. The number of rotatable bonds is 5. The van der Waals surface area contributed by atoms with E-state index in [1.807, 2.05) is 13.1 Å². The van der Waals surface area contributed by atoms with Crippen LogP contribution < -0.4 is 10.1 Å². The van der Waals surface area contributed by atoms with Crippen LogP contribution in [0.25, 0.3) is 0 Å². The molecule has 18 heavy (non-hydrogen) atoms. The van der Waals surface area contributed by atoms with E-state index in [0.717, 1.165) is 12.2 Å². The summed E-state index contributed by atoms with van der Waals surface area (Å²) in [6.07, 6.45) is 0.980. The average Bonchev–Trinajstić information content (AvgIpc) is 2.86. The maximum Gasteiger partial charge on any atom is 0.134 e. The van der Waals surface area contributed by atoms with E-state index in [9.17, 15) is 0 Å². The molecule has 0 aliphatic carbocycles. The number of thiophene rings is 1. The van der Waals surface area contributed by atoms with Crippen molar-refractivity contribution in [3.05, 3.63) is 51.7 Å². The monoisotopic (exact) mass is 261 g/mol. The zero-order valence-electron chi connectivity index (χ0n) is 11.1. The lowest BCUT2D eigenvalue weighted by Gasteiger charge is -2.16. The van der Waals surface area contributed by atoms with Crippen LogP contribution in [0.1, 0.15) is 22.0 Å². The minimum Gasteiger partial charge on any atom is -0.496 e. The van der Waals surface area contributed by atoms with E-state index in [1.165, 1.54) is 16.0 Å². The molecule has 2 rings (SSSR count). The van der Waals surface area contributed by atoms with Crippen LogP contribution >= 0.6 is 11.3 Å². The first-order chi connectivity index (χ1) is 8.74. The third-order valence-electron chi connectivity index (χ3n) is 3.10. The van der Waals surface area contributed by atoms with Crippen LogP contribution in [0, 0.1) is 6.92 Å². The molecular formula is C15H19NOS. The summed E-state index contributed by atoms with van der Waals surface area (Å²) >= 11 is 1.74. The van der Waals surface area contributed by atoms with Gasteiger partial charge in [0.25, 0.3) is 0 Å². The summed E-state index contributed by atoms with van der Waals surface area (Å²) in [6.45, 7) is 2.11. The molecule has 0 aliphatic rings. The molecule has 0 spiro atoms. The summed E-state index contributed by atoms with van der Waals surface area (Å²) < 4.78 is 5.40. The molecule has 0 saturated carbocycles. The van der Waals surface area contributed by atoms with Crippen LogP contribution in [0.5, 0.6) is 5.75 Å². The summed E-state index contributed by atoms with van der Waals surface area (Å²) in [5, 5.41) is 5.45. The first-order valence-electron chi connectivity index (χ1n) is 6.08. The number of methoxy groups -OCH3 is 1. The quantitative estimate of drug-likeness (QED) is 0.888. The molecule has 1 unspecified atom stereocenters. The van der Waals surface area contributed by atoms with E-state index in [0.29, 0.717) is 6.04 Å². The maximum absolute atomic E-state index is 5.40. The molecule has 0 radical (unpaired) electrons. The Hall–Kier alpha value is -1.32. The van der Waals surface area contributed by atoms with Crippen molar-refractivity contribution in [1.82, 2.24) is 5.32 Å². The summed E-state index contributed by atoms with van der Waals surface area (Å²) in [5.74, 6) is 0.978. The second kappa shape index (κ2) is 6.03. The Bertz CT molecular complexity index is 489. The maximum atomic E-state index is 5.40. The van der Waals surface area contributed by atoms with Gasteiger partial charge in [0, 0.05) is 6.04 Å². The summed E-state index contributed by atoms with van der Waals surface area (Å²) in [6, 6.07) is 11.0. The van der Waals surface area contributed by atoms with Crippen LogP contribution in [0.3, 0.4) is 0 Å². The fourth-order valence-electron chi connectivity index (χ4n) is 2.02. The van der Waals surface area contributed by atoms with Crippen molar-refractivity contribution >= 4 is 11.3 Å². The van der Waals surface area contributed by atoms with Gasteiger partial charge in [0.1, 0.15) is 5.75 Å². The van der Waals surface area contributed by atoms with Crippen molar-refractivity contribution in [2.45, 2.75) is 19.4 Å². The Labute approximate surface area is 113 Å². The van der Waals surface area contributed by atoms with Gasteiger partial charge in [-0.2, -0.15) is 0 Å². The number of ether oxygens (including phenoxy) is 1. The average molecular weight is 261 g/mol. The fourth-order valence-corrected chi connectivity index (χ4v) is 2.99. The Morgan fingerprint density at radius 3 is 2.56 bits per heavy atom. The predicted molar refractivity (Wildman–Crippen MR) is 77.6 cm³/mol. The SMILES string of the molecule is CNC(Cc1ccc(C)cc1)c1sccc1OC. The van der Waals surface area contributed by atoms with Crippen LogP contribution in [0.15, 0.2) is 35.7 Å². The first kappa shape index (κ1) is 13.1. The van der Waals surface area contributed by atoms with E-state index in [1.54, 1.807) is 18.4 Å². The zero-order chi connectivity index (χ0) is 13.0. The van der Waals surface area contributed by atoms with Crippen LogP contribution in [0.4, 0.5) is 0 Å². The minimum absolute atomic E-state index is 0.308. The van der Waals surface area contributed by atoms with E-state index >= 15 is 0 Å². The number of benzene rings is 1. The van der Waals surface area contributed by atoms with E-state index < -0.39 is 0 Å². The van der Waals surface area contributed by atoms with Crippen LogP contribution in [0.2, 0.25) is 0 Å². The Kier molecular flexibility index (Phi) is 4.39. The lowest BCUT2D eigenvalue weighted by molar-refractivity contribution is 0.405. The molecular weight excluding hydrogens is 242 g/mol. The normalized spacial score (nSPS) is 12.4. The number of likely N-dealkylation sites (N-methyl/N-ethyl adjacent to an activating group) is 1. The van der Waals surface area contributed by atoms with Crippen molar-refractivity contribution in [3.63, 3.8) is 0 Å². The van der Waals surface area contributed by atoms with Gasteiger partial charge in [-0.25, -0.2) is 0 Å². The highest BCUT2D eigenvalue weighted by Crippen LogP contribution is 2.32. The molecule has 0 fully saturated rings. The molecule has 1 aromatic carbocycles. The smallest absolute Gasteiger partial charge is 0.134 e. The molecule has 1 aromatic heterocycles. The van der Waals surface area contributed by atoms with Crippen LogP contribution in [-0.2, 0) is 6.42 Å². The predicted octanol–water partition coefficient (Wildman–Crippen LogP) is 3.57. The lowest BCUT2D eigenvalue weighted by atomic mass is 10.0. The number of hydrogen-bond acceptors (Lipinski definition) is 3. The molecule has 2 nitrogen and oxygen atoms in total. The van der Waals surface area contributed by atoms with Crippen molar-refractivity contribution < 1.29 is 4.74 Å². The molecule has 0 bridgehead atoms. The van der Waals surface area contributed by atoms with Crippen molar-refractivity contribution in [2.24, 2.45) is 0 Å². The number of hydrogen-bond donors (Lipinski definition) is 1. The third kappa shape index (κ3) is 2.92. The lowest BCUT2D eigenvalue weighted by Crippen LogP contribution is -2.18. The van der Waals surface area contributed by atoms with E-state index in [2.05, 4.69) is 41.9 Å². The molecule has 1 atom stereocenters. The van der Waals surface area contributed by atoms with Gasteiger partial charge in [0.15, 0.2) is 0 Å². The summed E-state index contributed by atoms with van der Waals surface area (Å²) in [4.78, 5) is 1.26. The Morgan fingerprint density at radius 2 is 1.94 bits per heavy atom. The van der Waals surface area contributed by atoms with Gasteiger partial charge in [-0.15, -0.1) is 11.3 Å². The van der Waals surface area contributed by atoms with E-state index in [4.69, 9.17) is 4.74 Å². The van der Waals surface area contributed by atoms with Crippen molar-refractivity contribution in [2.75, 3.05) is 14.2 Å². The van der Waals surface area contributed by atoms with Gasteiger partial charge >= 0.3 is 0 Å². The summed E-state index contributed by atoms with van der Waals surface area (Å²) in [5.41, 5.74) is 2.64. The van der Waals surface area contributed by atoms with Gasteiger partial charge in [0.05, 0.1) is 12.0 Å². The zero-order valence-corrected chi connectivity index (χ0v) is 11.9. The highest BCUT2D eigenvalue weighted by molar-refractivity contribution is 7.10. The minimum atomic E-state index is 0.308. The highest BCUT2D eigenvalue weighted by atomic mass is 32.1. The molecule has 1 N–H and O–H groups in total. The Morgan fingerprint density at radius 1 is 1.22 bits per heavy atom. The van der Waals surface area contributed by atoms with Gasteiger partial charge in [-0.05, 0) is 37.4 Å². The second-order valence-electron chi connectivity index (χ2n) is 4.38. The standard InChI is InChI=1S/C15H19NOS/c1-11-4-6-12(7-5-11)10-13(16-2)15-14(17-3)8-9-18-15/h4-9,13,16H,10H2,1-3H3. The Balaban J connectivity index is 2.17. The fraction of sp³-hybridized carbons (Fsp3) is 0.333.